The van der Waals surface area contributed by atoms with E-state index in [0.717, 1.165) is 15.8 Å². The fourth-order valence-corrected chi connectivity index (χ4v) is 2.14. The molecule has 0 aliphatic heterocycles. The second-order valence-electron chi connectivity index (χ2n) is 3.28. The second kappa shape index (κ2) is 4.32. The highest BCUT2D eigenvalue weighted by molar-refractivity contribution is 7.22. The summed E-state index contributed by atoms with van der Waals surface area (Å²) in [6.07, 6.45) is 3.43. The van der Waals surface area contributed by atoms with E-state index in [9.17, 15) is 4.79 Å². The number of benzene rings is 1. The number of hydrogen-bond acceptors (Lipinski definition) is 4. The molecule has 0 unspecified atom stereocenters. The van der Waals surface area contributed by atoms with Crippen molar-refractivity contribution in [2.45, 2.75) is 6.42 Å². The van der Waals surface area contributed by atoms with Crippen LogP contribution in [0.15, 0.2) is 24.3 Å². The number of aromatic nitrogens is 1. The molecule has 2 rings (SSSR count). The molecule has 2 aromatic rings. The molecular formula is C11H10N2O2S. The van der Waals surface area contributed by atoms with Gasteiger partial charge in [-0.2, -0.15) is 0 Å². The first-order chi connectivity index (χ1) is 7.65. The van der Waals surface area contributed by atoms with Crippen LogP contribution in [0.5, 0.6) is 0 Å². The van der Waals surface area contributed by atoms with Gasteiger partial charge in [0, 0.05) is 0 Å². The van der Waals surface area contributed by atoms with Crippen molar-refractivity contribution in [1.82, 2.24) is 4.98 Å². The van der Waals surface area contributed by atoms with Crippen LogP contribution in [-0.4, -0.2) is 16.1 Å². The number of carbonyl (C=O) groups is 1. The fraction of sp³-hybridized carbons (Fsp3) is 0.0909. The van der Waals surface area contributed by atoms with Crippen LogP contribution in [0.4, 0.5) is 5.13 Å². The molecule has 0 saturated carbocycles. The maximum atomic E-state index is 10.3. The second-order valence-corrected chi connectivity index (χ2v) is 4.34. The van der Waals surface area contributed by atoms with Crippen LogP contribution in [-0.2, 0) is 4.79 Å². The molecule has 4 nitrogen and oxygen atoms in total. The standard InChI is InChI=1S/C11H10N2O2S/c12-11-13-8-5-4-7(6-9(8)16-11)2-1-3-10(14)15/h1-2,4-6H,3H2,(H2,12,13)(H,14,15). The zero-order valence-electron chi connectivity index (χ0n) is 8.38. The molecule has 0 atom stereocenters. The first kappa shape index (κ1) is 10.6. The first-order valence-corrected chi connectivity index (χ1v) is 5.51. The number of anilines is 1. The van der Waals surface area contributed by atoms with Crippen molar-refractivity contribution in [3.8, 4) is 0 Å². The van der Waals surface area contributed by atoms with Gasteiger partial charge < -0.3 is 10.8 Å². The van der Waals surface area contributed by atoms with Crippen molar-refractivity contribution >= 4 is 38.7 Å². The Morgan fingerprint density at radius 1 is 1.56 bits per heavy atom. The molecule has 0 bridgehead atoms. The lowest BCUT2D eigenvalue weighted by Gasteiger charge is -1.92. The zero-order valence-corrected chi connectivity index (χ0v) is 9.20. The molecule has 82 valence electrons. The lowest BCUT2D eigenvalue weighted by Crippen LogP contribution is -1.89. The SMILES string of the molecule is Nc1nc2ccc(C=CCC(=O)O)cc2s1. The van der Waals surface area contributed by atoms with Crippen LogP contribution >= 0.6 is 11.3 Å². The van der Waals surface area contributed by atoms with E-state index in [0.29, 0.717) is 5.13 Å². The van der Waals surface area contributed by atoms with Crippen molar-refractivity contribution < 1.29 is 9.90 Å². The minimum atomic E-state index is -0.834. The predicted molar refractivity (Wildman–Crippen MR) is 65.3 cm³/mol. The minimum Gasteiger partial charge on any atom is -0.481 e. The molecule has 5 heteroatoms. The van der Waals surface area contributed by atoms with Crippen LogP contribution < -0.4 is 5.73 Å². The van der Waals surface area contributed by atoms with Crippen LogP contribution in [0.3, 0.4) is 0 Å². The maximum Gasteiger partial charge on any atom is 0.307 e. The molecule has 0 aliphatic carbocycles. The summed E-state index contributed by atoms with van der Waals surface area (Å²) in [5.74, 6) is -0.834. The van der Waals surface area contributed by atoms with Gasteiger partial charge in [0.1, 0.15) is 0 Å². The normalized spacial score (nSPS) is 11.2. The number of carboxylic acids is 1. The van der Waals surface area contributed by atoms with Crippen molar-refractivity contribution in [3.63, 3.8) is 0 Å². The molecule has 0 amide bonds. The van der Waals surface area contributed by atoms with E-state index in [1.165, 1.54) is 11.3 Å². The molecule has 0 fully saturated rings. The van der Waals surface area contributed by atoms with E-state index < -0.39 is 5.97 Å². The third-order valence-corrected chi connectivity index (χ3v) is 2.88. The van der Waals surface area contributed by atoms with Crippen molar-refractivity contribution in [3.05, 3.63) is 29.8 Å². The molecule has 16 heavy (non-hydrogen) atoms. The van der Waals surface area contributed by atoms with Gasteiger partial charge in [0.05, 0.1) is 16.6 Å². The highest BCUT2D eigenvalue weighted by Gasteiger charge is 2.00. The van der Waals surface area contributed by atoms with E-state index in [4.69, 9.17) is 10.8 Å². The lowest BCUT2D eigenvalue weighted by molar-refractivity contribution is -0.135. The van der Waals surface area contributed by atoms with E-state index >= 15 is 0 Å². The van der Waals surface area contributed by atoms with E-state index in [2.05, 4.69) is 4.98 Å². The summed E-state index contributed by atoms with van der Waals surface area (Å²) >= 11 is 1.42. The average Bonchev–Trinajstić information content (AvgIpc) is 2.56. The monoisotopic (exact) mass is 234 g/mol. The Balaban J connectivity index is 2.25. The van der Waals surface area contributed by atoms with Crippen molar-refractivity contribution in [2.75, 3.05) is 5.73 Å². The fourth-order valence-electron chi connectivity index (χ4n) is 1.36. The summed E-state index contributed by atoms with van der Waals surface area (Å²) in [7, 11) is 0. The minimum absolute atomic E-state index is 0.0306. The molecule has 3 N–H and O–H groups in total. The maximum absolute atomic E-state index is 10.3. The number of nitrogen functional groups attached to an aromatic ring is 1. The smallest absolute Gasteiger partial charge is 0.307 e. The number of hydrogen-bond donors (Lipinski definition) is 2. The summed E-state index contributed by atoms with van der Waals surface area (Å²) in [6, 6.07) is 5.71. The Morgan fingerprint density at radius 3 is 3.12 bits per heavy atom. The Bertz CT molecular complexity index is 560. The number of nitrogens with two attached hydrogens (primary N) is 1. The van der Waals surface area contributed by atoms with E-state index in [1.807, 2.05) is 18.2 Å². The molecule has 1 aromatic carbocycles. The van der Waals surface area contributed by atoms with Crippen LogP contribution in [0.2, 0.25) is 0 Å². The molecule has 1 heterocycles. The van der Waals surface area contributed by atoms with E-state index in [-0.39, 0.29) is 6.42 Å². The summed E-state index contributed by atoms with van der Waals surface area (Å²) in [4.78, 5) is 14.5. The van der Waals surface area contributed by atoms with Crippen LogP contribution in [0.1, 0.15) is 12.0 Å². The highest BCUT2D eigenvalue weighted by Crippen LogP contribution is 2.24. The molecule has 0 aliphatic rings. The number of fused-ring (bicyclic) bond motifs is 1. The number of carboxylic acid groups (broad SMARTS) is 1. The van der Waals surface area contributed by atoms with Gasteiger partial charge in [-0.15, -0.1) is 0 Å². The third-order valence-electron chi connectivity index (χ3n) is 2.03. The quantitative estimate of drug-likeness (QED) is 0.854. The Kier molecular flexibility index (Phi) is 2.87. The van der Waals surface area contributed by atoms with Gasteiger partial charge in [0.2, 0.25) is 0 Å². The Hall–Kier alpha value is -1.88. The Labute approximate surface area is 96.0 Å². The number of thiazole rings is 1. The van der Waals surface area contributed by atoms with Gasteiger partial charge in [-0.05, 0) is 17.7 Å². The van der Waals surface area contributed by atoms with Gasteiger partial charge in [-0.1, -0.05) is 29.6 Å². The van der Waals surface area contributed by atoms with E-state index in [1.54, 1.807) is 12.2 Å². The topological polar surface area (TPSA) is 76.2 Å². The first-order valence-electron chi connectivity index (χ1n) is 4.69. The molecule has 1 aromatic heterocycles. The largest absolute Gasteiger partial charge is 0.481 e. The molecule has 0 saturated heterocycles. The number of nitrogens with zero attached hydrogens (tertiary/aromatic N) is 1. The van der Waals surface area contributed by atoms with Crippen LogP contribution in [0.25, 0.3) is 16.3 Å². The van der Waals surface area contributed by atoms with Crippen molar-refractivity contribution in [2.24, 2.45) is 0 Å². The molecule has 0 spiro atoms. The lowest BCUT2D eigenvalue weighted by atomic mass is 10.2. The average molecular weight is 234 g/mol. The zero-order chi connectivity index (χ0) is 11.5. The Morgan fingerprint density at radius 2 is 2.38 bits per heavy atom. The van der Waals surface area contributed by atoms with Gasteiger partial charge in [0.15, 0.2) is 5.13 Å². The molecular weight excluding hydrogens is 224 g/mol. The van der Waals surface area contributed by atoms with Crippen molar-refractivity contribution in [1.29, 1.82) is 0 Å². The molecule has 0 radical (unpaired) electrons. The number of aliphatic carboxylic acids is 1. The summed E-state index contributed by atoms with van der Waals surface area (Å²) in [5, 5.41) is 9.03. The van der Waals surface area contributed by atoms with Crippen LogP contribution in [0, 0.1) is 0 Å². The predicted octanol–water partition coefficient (Wildman–Crippen LogP) is 2.37. The summed E-state index contributed by atoms with van der Waals surface area (Å²) in [5.41, 5.74) is 7.42. The van der Waals surface area contributed by atoms with Gasteiger partial charge >= 0.3 is 5.97 Å². The number of rotatable bonds is 3. The van der Waals surface area contributed by atoms with Gasteiger partial charge in [-0.3, -0.25) is 4.79 Å². The van der Waals surface area contributed by atoms with Gasteiger partial charge in [0.25, 0.3) is 0 Å². The van der Waals surface area contributed by atoms with Gasteiger partial charge in [-0.25, -0.2) is 4.98 Å². The highest BCUT2D eigenvalue weighted by atomic mass is 32.1. The summed E-state index contributed by atoms with van der Waals surface area (Å²) in [6.45, 7) is 0. The summed E-state index contributed by atoms with van der Waals surface area (Å²) < 4.78 is 1.01. The third kappa shape index (κ3) is 2.38.